The molecular formula is C16H18FN3O. The molecule has 1 N–H and O–H groups in total. The predicted octanol–water partition coefficient (Wildman–Crippen LogP) is 3.32. The first kappa shape index (κ1) is 15.0. The highest BCUT2D eigenvalue weighted by Crippen LogP contribution is 2.21. The molecule has 1 amide bonds. The molecule has 0 radical (unpaired) electrons. The van der Waals surface area contributed by atoms with E-state index in [0.29, 0.717) is 12.2 Å². The van der Waals surface area contributed by atoms with Crippen LogP contribution in [-0.4, -0.2) is 24.0 Å². The van der Waals surface area contributed by atoms with Crippen molar-refractivity contribution in [1.29, 1.82) is 0 Å². The Hall–Kier alpha value is -2.43. The van der Waals surface area contributed by atoms with Crippen LogP contribution >= 0.6 is 0 Å². The fourth-order valence-electron chi connectivity index (χ4n) is 2.09. The number of carbonyl (C=O) groups is 1. The van der Waals surface area contributed by atoms with E-state index < -0.39 is 5.82 Å². The molecule has 0 bridgehead atoms. The maximum Gasteiger partial charge on any atom is 0.277 e. The molecular weight excluding hydrogens is 269 g/mol. The molecule has 110 valence electrons. The Bertz CT molecular complexity index is 630. The molecule has 1 aromatic heterocycles. The number of hydrogen-bond acceptors (Lipinski definition) is 3. The van der Waals surface area contributed by atoms with Crippen LogP contribution in [-0.2, 0) is 0 Å². The van der Waals surface area contributed by atoms with Crippen molar-refractivity contribution in [1.82, 2.24) is 4.98 Å². The third kappa shape index (κ3) is 3.37. The van der Waals surface area contributed by atoms with E-state index in [1.807, 2.05) is 6.92 Å². The summed E-state index contributed by atoms with van der Waals surface area (Å²) in [5, 5.41) is 3.13. The van der Waals surface area contributed by atoms with Crippen molar-refractivity contribution in [2.75, 3.05) is 23.3 Å². The molecule has 1 aromatic carbocycles. The lowest BCUT2D eigenvalue weighted by Gasteiger charge is -2.21. The van der Waals surface area contributed by atoms with Gasteiger partial charge in [-0.2, -0.15) is 0 Å². The van der Waals surface area contributed by atoms with Crippen LogP contribution < -0.4 is 10.2 Å². The second-order valence-corrected chi connectivity index (χ2v) is 4.46. The number of benzene rings is 1. The van der Waals surface area contributed by atoms with Gasteiger partial charge in [0.2, 0.25) is 0 Å². The Morgan fingerprint density at radius 3 is 2.71 bits per heavy atom. The Morgan fingerprint density at radius 2 is 2.05 bits per heavy atom. The number of aromatic nitrogens is 1. The molecule has 0 aliphatic rings. The molecule has 4 nitrogen and oxygen atoms in total. The third-order valence-corrected chi connectivity index (χ3v) is 3.06. The van der Waals surface area contributed by atoms with Gasteiger partial charge < -0.3 is 10.2 Å². The van der Waals surface area contributed by atoms with Gasteiger partial charge in [-0.3, -0.25) is 9.78 Å². The number of amides is 1. The normalized spacial score (nSPS) is 10.2. The maximum absolute atomic E-state index is 13.9. The van der Waals surface area contributed by atoms with Gasteiger partial charge in [-0.15, -0.1) is 0 Å². The number of nitrogens with zero attached hydrogens (tertiary/aromatic N) is 2. The maximum atomic E-state index is 13.9. The first-order chi connectivity index (χ1) is 10.2. The van der Waals surface area contributed by atoms with E-state index in [1.165, 1.54) is 11.0 Å². The SMILES string of the molecule is CCNc1ccnc(C(=O)N(CC)c2ccccc2F)c1. The van der Waals surface area contributed by atoms with Crippen LogP contribution in [0, 0.1) is 5.82 Å². The minimum atomic E-state index is -0.421. The zero-order chi connectivity index (χ0) is 15.2. The average molecular weight is 287 g/mol. The molecule has 0 aliphatic heterocycles. The second-order valence-electron chi connectivity index (χ2n) is 4.46. The van der Waals surface area contributed by atoms with Crippen LogP contribution in [0.4, 0.5) is 15.8 Å². The summed E-state index contributed by atoms with van der Waals surface area (Å²) in [7, 11) is 0. The molecule has 0 saturated carbocycles. The zero-order valence-corrected chi connectivity index (χ0v) is 12.1. The summed E-state index contributed by atoms with van der Waals surface area (Å²) in [6.07, 6.45) is 1.57. The van der Waals surface area contributed by atoms with Crippen molar-refractivity contribution >= 4 is 17.3 Å². The minimum absolute atomic E-state index is 0.264. The highest BCUT2D eigenvalue weighted by molar-refractivity contribution is 6.05. The van der Waals surface area contributed by atoms with Crippen LogP contribution in [0.5, 0.6) is 0 Å². The minimum Gasteiger partial charge on any atom is -0.385 e. The lowest BCUT2D eigenvalue weighted by molar-refractivity contribution is 0.0982. The van der Waals surface area contributed by atoms with Gasteiger partial charge in [-0.05, 0) is 38.1 Å². The summed E-state index contributed by atoms with van der Waals surface area (Å²) < 4.78 is 13.9. The van der Waals surface area contributed by atoms with E-state index in [1.54, 1.807) is 43.5 Å². The van der Waals surface area contributed by atoms with Crippen LogP contribution in [0.3, 0.4) is 0 Å². The number of halogens is 1. The number of rotatable bonds is 5. The van der Waals surface area contributed by atoms with Crippen molar-refractivity contribution in [2.45, 2.75) is 13.8 Å². The highest BCUT2D eigenvalue weighted by atomic mass is 19.1. The van der Waals surface area contributed by atoms with E-state index in [0.717, 1.165) is 12.2 Å². The molecule has 0 atom stereocenters. The van der Waals surface area contributed by atoms with Crippen LogP contribution in [0.15, 0.2) is 42.6 Å². The quantitative estimate of drug-likeness (QED) is 0.917. The van der Waals surface area contributed by atoms with Crippen LogP contribution in [0.1, 0.15) is 24.3 Å². The van der Waals surface area contributed by atoms with E-state index in [-0.39, 0.29) is 11.6 Å². The fourth-order valence-corrected chi connectivity index (χ4v) is 2.09. The standard InChI is InChI=1S/C16H18FN3O/c1-3-18-12-9-10-19-14(11-12)16(21)20(4-2)15-8-6-5-7-13(15)17/h5-11H,3-4H2,1-2H3,(H,18,19). The lowest BCUT2D eigenvalue weighted by atomic mass is 10.2. The van der Waals surface area contributed by atoms with Crippen LogP contribution in [0.25, 0.3) is 0 Å². The van der Waals surface area contributed by atoms with Crippen molar-refractivity contribution in [3.63, 3.8) is 0 Å². The Labute approximate surface area is 123 Å². The number of para-hydroxylation sites is 1. The second kappa shape index (κ2) is 6.83. The van der Waals surface area contributed by atoms with Crippen molar-refractivity contribution in [3.8, 4) is 0 Å². The molecule has 0 aliphatic carbocycles. The summed E-state index contributed by atoms with van der Waals surface area (Å²) in [6, 6.07) is 9.70. The van der Waals surface area contributed by atoms with Crippen molar-refractivity contribution in [2.24, 2.45) is 0 Å². The van der Waals surface area contributed by atoms with Gasteiger partial charge in [0.05, 0.1) is 5.69 Å². The number of hydrogen-bond donors (Lipinski definition) is 1. The van der Waals surface area contributed by atoms with Gasteiger partial charge in [0.25, 0.3) is 5.91 Å². The Morgan fingerprint density at radius 1 is 1.29 bits per heavy atom. The lowest BCUT2D eigenvalue weighted by Crippen LogP contribution is -2.32. The average Bonchev–Trinajstić information content (AvgIpc) is 2.50. The Kier molecular flexibility index (Phi) is 4.87. The molecule has 5 heteroatoms. The van der Waals surface area contributed by atoms with E-state index in [2.05, 4.69) is 10.3 Å². The zero-order valence-electron chi connectivity index (χ0n) is 12.1. The summed E-state index contributed by atoms with van der Waals surface area (Å²) in [5.74, 6) is -0.738. The highest BCUT2D eigenvalue weighted by Gasteiger charge is 2.20. The number of carbonyl (C=O) groups excluding carboxylic acids is 1. The summed E-state index contributed by atoms with van der Waals surface area (Å²) in [6.45, 7) is 4.90. The monoisotopic (exact) mass is 287 g/mol. The smallest absolute Gasteiger partial charge is 0.277 e. The summed E-state index contributed by atoms with van der Waals surface area (Å²) in [4.78, 5) is 18.0. The topological polar surface area (TPSA) is 45.2 Å². The molecule has 0 saturated heterocycles. The number of nitrogens with one attached hydrogen (secondary N) is 1. The number of anilines is 2. The Balaban J connectivity index is 2.32. The first-order valence-electron chi connectivity index (χ1n) is 6.93. The molecule has 21 heavy (non-hydrogen) atoms. The summed E-state index contributed by atoms with van der Waals surface area (Å²) >= 11 is 0. The largest absolute Gasteiger partial charge is 0.385 e. The molecule has 0 spiro atoms. The third-order valence-electron chi connectivity index (χ3n) is 3.06. The van der Waals surface area contributed by atoms with E-state index >= 15 is 0 Å². The molecule has 1 heterocycles. The molecule has 2 rings (SSSR count). The van der Waals surface area contributed by atoms with Crippen molar-refractivity contribution < 1.29 is 9.18 Å². The molecule has 2 aromatic rings. The molecule has 0 fully saturated rings. The van der Waals surface area contributed by atoms with Crippen molar-refractivity contribution in [3.05, 3.63) is 54.1 Å². The van der Waals surface area contributed by atoms with Gasteiger partial charge >= 0.3 is 0 Å². The van der Waals surface area contributed by atoms with E-state index in [9.17, 15) is 9.18 Å². The molecule has 0 unspecified atom stereocenters. The van der Waals surface area contributed by atoms with Gasteiger partial charge in [0, 0.05) is 25.0 Å². The van der Waals surface area contributed by atoms with Gasteiger partial charge in [-0.1, -0.05) is 12.1 Å². The van der Waals surface area contributed by atoms with Gasteiger partial charge in [0.1, 0.15) is 11.5 Å². The van der Waals surface area contributed by atoms with E-state index in [4.69, 9.17) is 0 Å². The predicted molar refractivity (Wildman–Crippen MR) is 82.2 cm³/mol. The first-order valence-corrected chi connectivity index (χ1v) is 6.93. The van der Waals surface area contributed by atoms with Crippen LogP contribution in [0.2, 0.25) is 0 Å². The van der Waals surface area contributed by atoms with Gasteiger partial charge in [0.15, 0.2) is 0 Å². The fraction of sp³-hybridized carbons (Fsp3) is 0.250. The summed E-state index contributed by atoms with van der Waals surface area (Å²) in [5.41, 5.74) is 1.37. The number of pyridine rings is 1. The van der Waals surface area contributed by atoms with Gasteiger partial charge in [-0.25, -0.2) is 4.39 Å².